The summed E-state index contributed by atoms with van der Waals surface area (Å²) < 4.78 is 0. The third-order valence-corrected chi connectivity index (χ3v) is 3.76. The van der Waals surface area contributed by atoms with E-state index >= 15 is 0 Å². The van der Waals surface area contributed by atoms with Crippen molar-refractivity contribution >= 4 is 11.8 Å². The highest BCUT2D eigenvalue weighted by Gasteiger charge is 2.06. The number of carbonyl (C=O) groups is 2. The minimum atomic E-state index is 0.00146. The maximum atomic E-state index is 11.9. The van der Waals surface area contributed by atoms with Crippen molar-refractivity contribution in [1.29, 1.82) is 0 Å². The van der Waals surface area contributed by atoms with E-state index in [4.69, 9.17) is 0 Å². The third-order valence-electron chi connectivity index (χ3n) is 3.76. The largest absolute Gasteiger partial charge is 0.356 e. The van der Waals surface area contributed by atoms with Crippen molar-refractivity contribution in [2.45, 2.75) is 59.9 Å². The van der Waals surface area contributed by atoms with Crippen LogP contribution in [0.4, 0.5) is 0 Å². The number of nitrogens with one attached hydrogen (secondary N) is 2. The Kier molecular flexibility index (Phi) is 7.64. The lowest BCUT2D eigenvalue weighted by Gasteiger charge is -2.12. The predicted octanol–water partition coefficient (Wildman–Crippen LogP) is 2.92. The van der Waals surface area contributed by atoms with E-state index in [-0.39, 0.29) is 11.8 Å². The molecule has 22 heavy (non-hydrogen) atoms. The van der Waals surface area contributed by atoms with Gasteiger partial charge in [-0.1, -0.05) is 24.1 Å². The van der Waals surface area contributed by atoms with E-state index in [1.807, 2.05) is 0 Å². The van der Waals surface area contributed by atoms with Crippen molar-refractivity contribution in [2.24, 2.45) is 0 Å². The minimum Gasteiger partial charge on any atom is -0.356 e. The molecule has 1 aromatic rings. The number of unbranched alkanes of at least 4 members (excludes halogenated alkanes) is 2. The van der Waals surface area contributed by atoms with Gasteiger partial charge in [0.1, 0.15) is 0 Å². The molecule has 0 heterocycles. The predicted molar refractivity (Wildman–Crippen MR) is 89.7 cm³/mol. The van der Waals surface area contributed by atoms with Crippen molar-refractivity contribution in [3.63, 3.8) is 0 Å². The van der Waals surface area contributed by atoms with Crippen LogP contribution in [0.3, 0.4) is 0 Å². The van der Waals surface area contributed by atoms with Crippen LogP contribution < -0.4 is 10.6 Å². The third kappa shape index (κ3) is 6.74. The fraction of sp³-hybridized carbons (Fsp3) is 0.556. The average molecular weight is 304 g/mol. The molecular weight excluding hydrogens is 276 g/mol. The van der Waals surface area contributed by atoms with E-state index in [1.165, 1.54) is 29.2 Å². The first kappa shape index (κ1) is 18.2. The number of amides is 2. The summed E-state index contributed by atoms with van der Waals surface area (Å²) in [5.41, 5.74) is 4.93. The van der Waals surface area contributed by atoms with Gasteiger partial charge in [-0.2, -0.15) is 0 Å². The number of hydrogen-bond acceptors (Lipinski definition) is 2. The number of rotatable bonds is 8. The van der Waals surface area contributed by atoms with Gasteiger partial charge in [0.2, 0.25) is 11.8 Å². The summed E-state index contributed by atoms with van der Waals surface area (Å²) in [5, 5.41) is 5.76. The van der Waals surface area contributed by atoms with E-state index in [0.29, 0.717) is 19.5 Å². The van der Waals surface area contributed by atoms with Gasteiger partial charge < -0.3 is 10.6 Å². The molecule has 0 saturated carbocycles. The SMILES string of the molecule is CC(=O)NCCCCCC(=O)NCc1c(C)cc(C)cc1C. The molecule has 0 atom stereocenters. The van der Waals surface area contributed by atoms with Crippen LogP contribution in [-0.2, 0) is 16.1 Å². The molecule has 1 aromatic carbocycles. The standard InChI is InChI=1S/C18H28N2O2/c1-13-10-14(2)17(15(3)11-13)12-20-18(22)8-6-5-7-9-19-16(4)21/h10-11H,5-9,12H2,1-4H3,(H,19,21)(H,20,22). The molecule has 1 rings (SSSR count). The molecule has 0 aliphatic rings. The maximum absolute atomic E-state index is 11.9. The van der Waals surface area contributed by atoms with Crippen molar-refractivity contribution in [1.82, 2.24) is 10.6 Å². The molecule has 2 amide bonds. The van der Waals surface area contributed by atoms with Crippen LogP contribution in [-0.4, -0.2) is 18.4 Å². The van der Waals surface area contributed by atoms with Gasteiger partial charge in [-0.15, -0.1) is 0 Å². The van der Waals surface area contributed by atoms with Gasteiger partial charge >= 0.3 is 0 Å². The molecule has 0 aliphatic carbocycles. The Bertz CT molecular complexity index is 501. The molecular formula is C18H28N2O2. The van der Waals surface area contributed by atoms with Gasteiger partial charge in [-0.25, -0.2) is 0 Å². The summed E-state index contributed by atoms with van der Waals surface area (Å²) >= 11 is 0. The van der Waals surface area contributed by atoms with Gasteiger partial charge in [-0.05, 0) is 50.3 Å². The van der Waals surface area contributed by atoms with E-state index in [9.17, 15) is 9.59 Å². The summed E-state index contributed by atoms with van der Waals surface area (Å²) in [4.78, 5) is 22.6. The topological polar surface area (TPSA) is 58.2 Å². The molecule has 0 saturated heterocycles. The fourth-order valence-electron chi connectivity index (χ4n) is 2.62. The molecule has 0 fully saturated rings. The lowest BCUT2D eigenvalue weighted by Crippen LogP contribution is -2.23. The summed E-state index contributed by atoms with van der Waals surface area (Å²) in [6.07, 6.45) is 3.28. The van der Waals surface area contributed by atoms with Gasteiger partial charge in [0.15, 0.2) is 0 Å². The number of benzene rings is 1. The van der Waals surface area contributed by atoms with Crippen LogP contribution >= 0.6 is 0 Å². The first-order valence-electron chi connectivity index (χ1n) is 7.98. The van der Waals surface area contributed by atoms with Crippen molar-refractivity contribution in [3.8, 4) is 0 Å². The lowest BCUT2D eigenvalue weighted by molar-refractivity contribution is -0.121. The van der Waals surface area contributed by atoms with Crippen LogP contribution in [0.1, 0.15) is 54.9 Å². The second kappa shape index (κ2) is 9.23. The van der Waals surface area contributed by atoms with Gasteiger partial charge in [0.05, 0.1) is 0 Å². The summed E-state index contributed by atoms with van der Waals surface area (Å²) in [5.74, 6) is 0.0977. The van der Waals surface area contributed by atoms with E-state index in [0.717, 1.165) is 19.3 Å². The molecule has 0 unspecified atom stereocenters. The van der Waals surface area contributed by atoms with Crippen LogP contribution in [0.5, 0.6) is 0 Å². The van der Waals surface area contributed by atoms with Crippen LogP contribution in [0.2, 0.25) is 0 Å². The van der Waals surface area contributed by atoms with Gasteiger partial charge in [0, 0.05) is 26.4 Å². The first-order chi connectivity index (χ1) is 10.4. The zero-order chi connectivity index (χ0) is 16.5. The Hall–Kier alpha value is -1.84. The zero-order valence-electron chi connectivity index (χ0n) is 14.2. The molecule has 0 radical (unpaired) electrons. The Morgan fingerprint density at radius 1 is 0.955 bits per heavy atom. The Balaban J connectivity index is 2.25. The van der Waals surface area contributed by atoms with Crippen molar-refractivity contribution in [2.75, 3.05) is 6.54 Å². The monoisotopic (exact) mass is 304 g/mol. The Morgan fingerprint density at radius 3 is 2.18 bits per heavy atom. The maximum Gasteiger partial charge on any atom is 0.220 e. The van der Waals surface area contributed by atoms with Crippen molar-refractivity contribution in [3.05, 3.63) is 34.4 Å². The summed E-state index contributed by atoms with van der Waals surface area (Å²) in [6, 6.07) is 4.30. The Morgan fingerprint density at radius 2 is 1.59 bits per heavy atom. The molecule has 4 heteroatoms. The lowest BCUT2D eigenvalue weighted by atomic mass is 10.00. The normalized spacial score (nSPS) is 10.4. The molecule has 4 nitrogen and oxygen atoms in total. The van der Waals surface area contributed by atoms with E-state index < -0.39 is 0 Å². The fourth-order valence-corrected chi connectivity index (χ4v) is 2.62. The highest BCUT2D eigenvalue weighted by molar-refractivity contribution is 5.75. The second-order valence-corrected chi connectivity index (χ2v) is 5.95. The smallest absolute Gasteiger partial charge is 0.220 e. The first-order valence-corrected chi connectivity index (χ1v) is 7.98. The van der Waals surface area contributed by atoms with Gasteiger partial charge in [0.25, 0.3) is 0 Å². The zero-order valence-corrected chi connectivity index (χ0v) is 14.2. The van der Waals surface area contributed by atoms with Crippen molar-refractivity contribution < 1.29 is 9.59 Å². The summed E-state index contributed by atoms with van der Waals surface area (Å²) in [7, 11) is 0. The van der Waals surface area contributed by atoms with Crippen LogP contribution in [0, 0.1) is 20.8 Å². The van der Waals surface area contributed by atoms with Crippen LogP contribution in [0.25, 0.3) is 0 Å². The van der Waals surface area contributed by atoms with Crippen LogP contribution in [0.15, 0.2) is 12.1 Å². The Labute approximate surface area is 133 Å². The van der Waals surface area contributed by atoms with E-state index in [1.54, 1.807) is 0 Å². The number of aryl methyl sites for hydroxylation is 3. The number of carbonyl (C=O) groups excluding carboxylic acids is 2. The molecule has 0 spiro atoms. The molecule has 0 bridgehead atoms. The molecule has 122 valence electrons. The molecule has 0 aromatic heterocycles. The highest BCUT2D eigenvalue weighted by atomic mass is 16.2. The quantitative estimate of drug-likeness (QED) is 0.726. The average Bonchev–Trinajstić information content (AvgIpc) is 2.41. The number of hydrogen-bond donors (Lipinski definition) is 2. The second-order valence-electron chi connectivity index (χ2n) is 5.95. The summed E-state index contributed by atoms with van der Waals surface area (Å²) in [6.45, 7) is 9.07. The molecule has 0 aliphatic heterocycles. The highest BCUT2D eigenvalue weighted by Crippen LogP contribution is 2.16. The minimum absolute atomic E-state index is 0.00146. The van der Waals surface area contributed by atoms with Gasteiger partial charge in [-0.3, -0.25) is 9.59 Å². The molecule has 2 N–H and O–H groups in total. The van der Waals surface area contributed by atoms with E-state index in [2.05, 4.69) is 43.5 Å².